The average Bonchev–Trinajstić information content (AvgIpc) is 0.880. The summed E-state index contributed by atoms with van der Waals surface area (Å²) in [6.45, 7) is 49.5. The van der Waals surface area contributed by atoms with E-state index in [-0.39, 0.29) is 45.3 Å². The number of esters is 2. The van der Waals surface area contributed by atoms with Gasteiger partial charge in [0, 0.05) is 52.1 Å². The number of amides is 9. The van der Waals surface area contributed by atoms with Gasteiger partial charge in [0.1, 0.15) is 62.5 Å². The Kier molecular flexibility index (Phi) is 60.6. The van der Waals surface area contributed by atoms with E-state index < -0.39 is 171 Å². The topological polar surface area (TPSA) is 532 Å². The molecule has 0 spiro atoms. The quantitative estimate of drug-likeness (QED) is 0.0153. The molecule has 0 aromatic heterocycles. The van der Waals surface area contributed by atoms with Gasteiger partial charge in [-0.25, -0.2) is 47.9 Å². The monoisotopic (exact) mass is 1780 g/mol. The van der Waals surface area contributed by atoms with Gasteiger partial charge in [-0.2, -0.15) is 0 Å². The van der Waals surface area contributed by atoms with Crippen LogP contribution in [-0.2, 0) is 80.9 Å². The number of aliphatic carboxylic acids is 2. The SMILES string of the molecule is C.CC(C)(C)OC(=O)NCCCCC(CC(=O)C(CCCCNC(=O)OC(C)(C)C)NC(=O)OC(C)(C)C)C(=O)O.CC(C)(C)OC(=O)NCCCCC(NC(=O)OC(C)(C)C)C(=O)O.COC(=O)C(CCCCNC(=O)OC(C)(C)C)CC(=O)C(CCCCNC(=O)OC(C)(C)C)NC(=O)OC(C)(C)C.COC(=O)C(N)CCCCNC(=O)OC(C)(C)C. The highest BCUT2D eigenvalue weighted by molar-refractivity contribution is 5.91. The lowest BCUT2D eigenvalue weighted by Gasteiger charge is -2.24. The first-order valence-electron chi connectivity index (χ1n) is 42.2. The lowest BCUT2D eigenvalue weighted by atomic mass is 9.92. The Balaban J connectivity index is -0.000000530. The summed E-state index contributed by atoms with van der Waals surface area (Å²) < 4.78 is 56.0. The molecule has 38 heteroatoms. The van der Waals surface area contributed by atoms with Gasteiger partial charge in [-0.05, 0) is 290 Å². The molecule has 0 aromatic rings. The van der Waals surface area contributed by atoms with Crippen molar-refractivity contribution in [3.63, 3.8) is 0 Å². The predicted octanol–water partition coefficient (Wildman–Crippen LogP) is 14.4. The third kappa shape index (κ3) is 81.0. The Hall–Kier alpha value is -9.39. The first-order chi connectivity index (χ1) is 56.0. The summed E-state index contributed by atoms with van der Waals surface area (Å²) in [4.78, 5) is 179. The summed E-state index contributed by atoms with van der Waals surface area (Å²) in [5, 5.41) is 42.2. The zero-order valence-electron chi connectivity index (χ0n) is 79.4. The third-order valence-electron chi connectivity index (χ3n) is 15.1. The van der Waals surface area contributed by atoms with E-state index in [4.69, 9.17) is 58.2 Å². The molecule has 0 radical (unpaired) electrons. The molecule has 724 valence electrons. The molecular formula is C86H162N10O28. The summed E-state index contributed by atoms with van der Waals surface area (Å²) in [7, 11) is 2.57. The minimum absolute atomic E-state index is 0. The number of hydrogen-bond donors (Lipinski definition) is 12. The minimum atomic E-state index is -1.12. The molecule has 6 atom stereocenters. The molecule has 0 saturated heterocycles. The van der Waals surface area contributed by atoms with Crippen LogP contribution in [0.4, 0.5) is 43.2 Å². The number of ketones is 2. The Morgan fingerprint density at radius 3 is 0.669 bits per heavy atom. The highest BCUT2D eigenvalue weighted by atomic mass is 16.6. The molecule has 0 rings (SSSR count). The maximum absolute atomic E-state index is 13.3. The van der Waals surface area contributed by atoms with Crippen molar-refractivity contribution in [2.45, 2.75) is 397 Å². The summed E-state index contributed by atoms with van der Waals surface area (Å²) in [5.41, 5.74) is -0.133. The lowest BCUT2D eigenvalue weighted by Crippen LogP contribution is -2.44. The van der Waals surface area contributed by atoms with Crippen molar-refractivity contribution in [3.8, 4) is 0 Å². The number of ether oxygens (including phenoxy) is 11. The van der Waals surface area contributed by atoms with Gasteiger partial charge < -0.3 is 116 Å². The van der Waals surface area contributed by atoms with Crippen LogP contribution in [-0.4, -0.2) is 229 Å². The van der Waals surface area contributed by atoms with E-state index in [1.165, 1.54) is 14.2 Å². The number of rotatable bonds is 43. The van der Waals surface area contributed by atoms with Gasteiger partial charge in [-0.1, -0.05) is 20.3 Å². The number of nitrogens with one attached hydrogen (secondary N) is 9. The number of nitrogens with two attached hydrogens (primary N) is 1. The minimum Gasteiger partial charge on any atom is -0.481 e. The molecule has 0 aliphatic heterocycles. The fourth-order valence-corrected chi connectivity index (χ4v) is 10.0. The number of carboxylic acid groups (broad SMARTS) is 2. The van der Waals surface area contributed by atoms with Crippen LogP contribution < -0.4 is 53.6 Å². The smallest absolute Gasteiger partial charge is 0.408 e. The van der Waals surface area contributed by atoms with E-state index in [0.717, 1.165) is 12.8 Å². The Labute approximate surface area is 737 Å². The number of carbonyl (C=O) groups is 15. The van der Waals surface area contributed by atoms with Crippen molar-refractivity contribution < 1.29 is 134 Å². The molecule has 124 heavy (non-hydrogen) atoms. The van der Waals surface area contributed by atoms with E-state index in [2.05, 4.69) is 52.6 Å². The van der Waals surface area contributed by atoms with Crippen molar-refractivity contribution in [1.82, 2.24) is 47.9 Å². The normalized spacial score (nSPS) is 13.1. The number of alkyl carbamates (subject to hydrolysis) is 9. The van der Waals surface area contributed by atoms with Gasteiger partial charge in [-0.3, -0.25) is 24.0 Å². The van der Waals surface area contributed by atoms with Crippen LogP contribution in [0.25, 0.3) is 0 Å². The second-order valence-corrected chi connectivity index (χ2v) is 38.2. The molecular weight excluding hydrogens is 1620 g/mol. The zero-order valence-corrected chi connectivity index (χ0v) is 79.4. The summed E-state index contributed by atoms with van der Waals surface area (Å²) in [6, 6.07) is -3.43. The van der Waals surface area contributed by atoms with E-state index in [1.54, 1.807) is 166 Å². The second kappa shape index (κ2) is 61.1. The molecule has 0 aliphatic carbocycles. The van der Waals surface area contributed by atoms with Crippen molar-refractivity contribution >= 4 is 90.3 Å². The van der Waals surface area contributed by atoms with Crippen LogP contribution in [0.2, 0.25) is 0 Å². The average molecular weight is 1780 g/mol. The number of hydrogen-bond acceptors (Lipinski definition) is 27. The van der Waals surface area contributed by atoms with Crippen molar-refractivity contribution in [2.24, 2.45) is 17.6 Å². The van der Waals surface area contributed by atoms with E-state index >= 15 is 0 Å². The standard InChI is InChI=1S/C29H53N3O9.C28H51N3O9.C16H30N2O6.C12H24N2O4.CH4/c1-27(2,3)39-24(35)30-17-13-11-15-20(23(34)38-10)19-22(33)21(32-26(37)41-29(7,8)9)16-12-14-18-31-25(36)40-28(4,5)6;1-26(2,3)38-23(35)29-16-12-10-14-19(22(33)34)18-21(32)20(31-25(37)40-28(7,8)9)15-11-13-17-30-24(36)39-27(4,5)6;1-15(2,3)23-13(21)17-10-8-7-9-11(12(19)20)18-14(22)24-16(4,5)6;1-12(2,3)18-11(16)14-8-6-5-7-9(13)10(15)17-4;/h20-21H,11-19H2,1-10H3,(H,30,35)(H,31,36)(H,32,37);19-20H,10-18H2,1-9H3,(H,29,35)(H,30,36)(H,31,37)(H,33,34);11H,7-10H2,1-6H3,(H,17,21)(H,18,22)(H,19,20);9H,5-8,13H2,1-4H3,(H,14,16);1H4. The van der Waals surface area contributed by atoms with Crippen molar-refractivity contribution in [2.75, 3.05) is 53.5 Å². The molecule has 38 nitrogen and oxygen atoms in total. The number of unbranched alkanes of at least 4 members (excludes halogenated alkanes) is 6. The maximum Gasteiger partial charge on any atom is 0.408 e. The van der Waals surface area contributed by atoms with Crippen LogP contribution in [0.15, 0.2) is 0 Å². The van der Waals surface area contributed by atoms with Gasteiger partial charge >= 0.3 is 78.7 Å². The fourth-order valence-electron chi connectivity index (χ4n) is 10.0. The van der Waals surface area contributed by atoms with Gasteiger partial charge in [-0.15, -0.1) is 0 Å². The first-order valence-corrected chi connectivity index (χ1v) is 42.2. The largest absolute Gasteiger partial charge is 0.481 e. The first kappa shape index (κ1) is 123. The van der Waals surface area contributed by atoms with Gasteiger partial charge in [0.25, 0.3) is 0 Å². The van der Waals surface area contributed by atoms with Gasteiger partial charge in [0.05, 0.1) is 38.1 Å². The summed E-state index contributed by atoms with van der Waals surface area (Å²) >= 11 is 0. The highest BCUT2D eigenvalue weighted by Crippen LogP contribution is 2.22. The predicted molar refractivity (Wildman–Crippen MR) is 468 cm³/mol. The van der Waals surface area contributed by atoms with Gasteiger partial charge in [0.15, 0.2) is 11.6 Å². The van der Waals surface area contributed by atoms with E-state index in [9.17, 15) is 77.0 Å². The maximum atomic E-state index is 13.3. The Morgan fingerprint density at radius 2 is 0.452 bits per heavy atom. The second-order valence-electron chi connectivity index (χ2n) is 38.2. The van der Waals surface area contributed by atoms with Crippen molar-refractivity contribution in [3.05, 3.63) is 0 Å². The van der Waals surface area contributed by atoms with Crippen LogP contribution in [0, 0.1) is 11.8 Å². The molecule has 0 fully saturated rings. The van der Waals surface area contributed by atoms with Crippen molar-refractivity contribution in [1.29, 1.82) is 0 Å². The molecule has 0 saturated carbocycles. The molecule has 0 heterocycles. The number of carbonyl (C=O) groups excluding carboxylic acids is 13. The van der Waals surface area contributed by atoms with Crippen LogP contribution >= 0.6 is 0 Å². The molecule has 6 unspecified atom stereocenters. The molecule has 0 aromatic carbocycles. The van der Waals surface area contributed by atoms with E-state index in [0.29, 0.717) is 123 Å². The number of methoxy groups -OCH3 is 2. The Bertz CT molecular complexity index is 3200. The molecule has 0 aliphatic rings. The van der Waals surface area contributed by atoms with Crippen LogP contribution in [0.3, 0.4) is 0 Å². The van der Waals surface area contributed by atoms with Crippen LogP contribution in [0.1, 0.15) is 323 Å². The summed E-state index contributed by atoms with van der Waals surface area (Å²) in [6.07, 6.45) is 2.96. The fraction of sp³-hybridized carbons (Fsp3) is 0.826. The van der Waals surface area contributed by atoms with Crippen LogP contribution in [0.5, 0.6) is 0 Å². The molecule has 9 amide bonds. The third-order valence-corrected chi connectivity index (χ3v) is 15.1. The number of carboxylic acids is 2. The molecule has 13 N–H and O–H groups in total. The number of Topliss-reactive ketones (excluding diaryl/α,β-unsaturated/α-hetero) is 2. The lowest BCUT2D eigenvalue weighted by molar-refractivity contribution is -0.147. The zero-order chi connectivity index (χ0) is 96.2. The highest BCUT2D eigenvalue weighted by Gasteiger charge is 2.33. The summed E-state index contributed by atoms with van der Waals surface area (Å²) in [5.74, 6) is -5.53. The van der Waals surface area contributed by atoms with E-state index in [1.807, 2.05) is 20.8 Å². The molecule has 0 bridgehead atoms. The van der Waals surface area contributed by atoms with Gasteiger partial charge in [0.2, 0.25) is 0 Å². The Morgan fingerprint density at radius 1 is 0.258 bits per heavy atom.